The smallest absolute Gasteiger partial charge is 0.279 e. The highest BCUT2D eigenvalue weighted by Gasteiger charge is 2.25. The minimum absolute atomic E-state index is 0.0305. The first-order valence-electron chi connectivity index (χ1n) is 10.6. The summed E-state index contributed by atoms with van der Waals surface area (Å²) in [6.07, 6.45) is 0.244. The molecule has 6 nitrogen and oxygen atoms in total. The van der Waals surface area contributed by atoms with Crippen LogP contribution in [-0.2, 0) is 9.59 Å². The number of hydrogen-bond acceptors (Lipinski definition) is 3. The molecule has 0 radical (unpaired) electrons. The molecule has 2 aromatic carbocycles. The van der Waals surface area contributed by atoms with E-state index in [4.69, 9.17) is 0 Å². The summed E-state index contributed by atoms with van der Waals surface area (Å²) < 4.78 is 13.0. The Kier molecular flexibility index (Phi) is 7.52. The summed E-state index contributed by atoms with van der Waals surface area (Å²) in [5.41, 5.74) is 3.35. The number of nitrogens with zero attached hydrogens (tertiary/aromatic N) is 1. The van der Waals surface area contributed by atoms with Crippen molar-refractivity contribution in [2.75, 3.05) is 38.0 Å². The van der Waals surface area contributed by atoms with Gasteiger partial charge in [0.1, 0.15) is 5.82 Å². The van der Waals surface area contributed by atoms with E-state index in [0.717, 1.165) is 21.7 Å². The van der Waals surface area contributed by atoms with Gasteiger partial charge in [0.15, 0.2) is 12.3 Å². The van der Waals surface area contributed by atoms with E-state index in [9.17, 15) is 18.8 Å². The Morgan fingerprint density at radius 2 is 1.58 bits per heavy atom. The van der Waals surface area contributed by atoms with Crippen LogP contribution in [0.2, 0.25) is 0 Å². The van der Waals surface area contributed by atoms with Crippen molar-refractivity contribution in [3.63, 3.8) is 0 Å². The average Bonchev–Trinajstić information content (AvgIpc) is 2.75. The minimum atomic E-state index is -0.393. The van der Waals surface area contributed by atoms with Gasteiger partial charge in [0.2, 0.25) is 5.91 Å². The number of halogens is 1. The maximum absolute atomic E-state index is 13.0. The first-order valence-corrected chi connectivity index (χ1v) is 10.6. The largest absolute Gasteiger partial charge is 0.331 e. The highest BCUT2D eigenvalue weighted by atomic mass is 19.1. The van der Waals surface area contributed by atoms with Crippen molar-refractivity contribution >= 4 is 23.3 Å². The third-order valence-electron chi connectivity index (χ3n) is 5.71. The van der Waals surface area contributed by atoms with E-state index < -0.39 is 5.82 Å². The topological polar surface area (TPSA) is 70.9 Å². The second-order valence-electron chi connectivity index (χ2n) is 8.05. The molecule has 1 aliphatic heterocycles. The van der Waals surface area contributed by atoms with E-state index in [1.807, 2.05) is 32.0 Å². The van der Waals surface area contributed by atoms with Crippen molar-refractivity contribution in [3.8, 4) is 0 Å². The predicted octanol–water partition coefficient (Wildman–Crippen LogP) is 1.77. The molecule has 1 fully saturated rings. The standard InChI is InChI=1S/C24H28FN3O3/c1-17-4-3-5-18(2)24(17)26-22(30)16-27-12-14-28(15-13-27)23(31)11-10-21(29)19-6-8-20(25)9-7-19/h3-9H,10-16H2,1-2H3,(H,26,30)/p+1. The number of quaternary nitrogens is 1. The highest BCUT2D eigenvalue weighted by Crippen LogP contribution is 2.18. The highest BCUT2D eigenvalue weighted by molar-refractivity contribution is 5.98. The van der Waals surface area contributed by atoms with E-state index in [1.165, 1.54) is 24.3 Å². The quantitative estimate of drug-likeness (QED) is 0.663. The Balaban J connectivity index is 1.41. The maximum Gasteiger partial charge on any atom is 0.279 e. The second kappa shape index (κ2) is 10.3. The van der Waals surface area contributed by atoms with Gasteiger partial charge in [0, 0.05) is 24.1 Å². The lowest BCUT2D eigenvalue weighted by molar-refractivity contribution is -0.895. The number of rotatable bonds is 7. The lowest BCUT2D eigenvalue weighted by atomic mass is 10.1. The van der Waals surface area contributed by atoms with Crippen LogP contribution in [0.25, 0.3) is 0 Å². The molecule has 0 unspecified atom stereocenters. The molecule has 1 saturated heterocycles. The summed E-state index contributed by atoms with van der Waals surface area (Å²) in [6, 6.07) is 11.3. The fourth-order valence-corrected chi connectivity index (χ4v) is 3.83. The Labute approximate surface area is 182 Å². The van der Waals surface area contributed by atoms with E-state index in [0.29, 0.717) is 38.3 Å². The molecule has 0 spiro atoms. The van der Waals surface area contributed by atoms with Gasteiger partial charge < -0.3 is 15.1 Å². The fourth-order valence-electron chi connectivity index (χ4n) is 3.83. The summed E-state index contributed by atoms with van der Waals surface area (Å²) in [5.74, 6) is -0.650. The third-order valence-corrected chi connectivity index (χ3v) is 5.71. The van der Waals surface area contributed by atoms with Crippen LogP contribution in [0.3, 0.4) is 0 Å². The molecule has 0 aliphatic carbocycles. The molecule has 1 heterocycles. The zero-order valence-corrected chi connectivity index (χ0v) is 18.0. The SMILES string of the molecule is Cc1cccc(C)c1NC(=O)C[NH+]1CCN(C(=O)CCC(=O)c2ccc(F)cc2)CC1. The molecular weight excluding hydrogens is 397 g/mol. The van der Waals surface area contributed by atoms with Crippen molar-refractivity contribution in [2.24, 2.45) is 0 Å². The number of para-hydroxylation sites is 1. The molecule has 0 atom stereocenters. The van der Waals surface area contributed by atoms with Gasteiger partial charge in [-0.1, -0.05) is 18.2 Å². The van der Waals surface area contributed by atoms with Crippen LogP contribution in [0.5, 0.6) is 0 Å². The molecule has 0 aromatic heterocycles. The molecule has 3 rings (SSSR count). The van der Waals surface area contributed by atoms with Crippen LogP contribution in [0.4, 0.5) is 10.1 Å². The van der Waals surface area contributed by atoms with Gasteiger partial charge in [-0.2, -0.15) is 0 Å². The van der Waals surface area contributed by atoms with Gasteiger partial charge in [-0.05, 0) is 49.2 Å². The second-order valence-corrected chi connectivity index (χ2v) is 8.05. The van der Waals surface area contributed by atoms with Crippen molar-refractivity contribution in [2.45, 2.75) is 26.7 Å². The van der Waals surface area contributed by atoms with Gasteiger partial charge in [-0.15, -0.1) is 0 Å². The summed E-state index contributed by atoms with van der Waals surface area (Å²) in [4.78, 5) is 40.0. The average molecular weight is 427 g/mol. The van der Waals surface area contributed by atoms with Crippen LogP contribution in [-0.4, -0.2) is 55.2 Å². The summed E-state index contributed by atoms with van der Waals surface area (Å²) >= 11 is 0. The molecule has 2 N–H and O–H groups in total. The number of aryl methyl sites for hydroxylation is 2. The van der Waals surface area contributed by atoms with E-state index in [2.05, 4.69) is 5.32 Å². The van der Waals surface area contributed by atoms with Crippen LogP contribution in [0, 0.1) is 19.7 Å². The predicted molar refractivity (Wildman–Crippen MR) is 117 cm³/mol. The molecule has 0 bridgehead atoms. The van der Waals surface area contributed by atoms with Crippen molar-refractivity contribution < 1.29 is 23.7 Å². The van der Waals surface area contributed by atoms with Crippen LogP contribution >= 0.6 is 0 Å². The number of nitrogens with one attached hydrogen (secondary N) is 2. The maximum atomic E-state index is 13.0. The molecule has 164 valence electrons. The third kappa shape index (κ3) is 6.21. The van der Waals surface area contributed by atoms with Gasteiger partial charge >= 0.3 is 0 Å². The molecule has 7 heteroatoms. The Hall–Kier alpha value is -3.06. The lowest BCUT2D eigenvalue weighted by Gasteiger charge is -2.32. The molecule has 2 aromatic rings. The summed E-state index contributed by atoms with van der Waals surface area (Å²) in [5, 5.41) is 3.01. The van der Waals surface area contributed by atoms with Crippen LogP contribution < -0.4 is 10.2 Å². The number of carbonyl (C=O) groups is 3. The summed E-state index contributed by atoms with van der Waals surface area (Å²) in [7, 11) is 0. The number of ketones is 1. The van der Waals surface area contributed by atoms with Gasteiger partial charge in [-0.3, -0.25) is 14.4 Å². The Morgan fingerprint density at radius 1 is 0.968 bits per heavy atom. The molecule has 31 heavy (non-hydrogen) atoms. The monoisotopic (exact) mass is 426 g/mol. The van der Waals surface area contributed by atoms with E-state index >= 15 is 0 Å². The van der Waals surface area contributed by atoms with Crippen molar-refractivity contribution in [1.29, 1.82) is 0 Å². The number of Topliss-reactive ketones (excluding diaryl/α,β-unsaturated/α-hetero) is 1. The number of hydrogen-bond donors (Lipinski definition) is 2. The first-order chi connectivity index (χ1) is 14.8. The van der Waals surface area contributed by atoms with E-state index in [-0.39, 0.29) is 30.4 Å². The van der Waals surface area contributed by atoms with Crippen molar-refractivity contribution in [3.05, 3.63) is 65.0 Å². The van der Waals surface area contributed by atoms with Crippen molar-refractivity contribution in [1.82, 2.24) is 4.90 Å². The Bertz CT molecular complexity index is 931. The number of amides is 2. The van der Waals surface area contributed by atoms with Crippen LogP contribution in [0.15, 0.2) is 42.5 Å². The van der Waals surface area contributed by atoms with Gasteiger partial charge in [0.05, 0.1) is 26.2 Å². The minimum Gasteiger partial charge on any atom is -0.331 e. The van der Waals surface area contributed by atoms with Gasteiger partial charge in [-0.25, -0.2) is 4.39 Å². The molecule has 1 aliphatic rings. The number of benzene rings is 2. The molecule has 0 saturated carbocycles. The number of piperazine rings is 1. The molecular formula is C24H29FN3O3+. The number of anilines is 1. The van der Waals surface area contributed by atoms with Crippen LogP contribution in [0.1, 0.15) is 34.3 Å². The number of carbonyl (C=O) groups excluding carboxylic acids is 3. The first kappa shape index (κ1) is 22.6. The zero-order chi connectivity index (χ0) is 22.4. The summed E-state index contributed by atoms with van der Waals surface area (Å²) in [6.45, 7) is 6.82. The molecule has 2 amide bonds. The lowest BCUT2D eigenvalue weighted by Crippen LogP contribution is -3.15. The Morgan fingerprint density at radius 3 is 2.19 bits per heavy atom. The van der Waals surface area contributed by atoms with E-state index in [1.54, 1.807) is 4.90 Å². The normalized spacial score (nSPS) is 14.4. The zero-order valence-electron chi connectivity index (χ0n) is 18.0. The van der Waals surface area contributed by atoms with Gasteiger partial charge in [0.25, 0.3) is 5.91 Å². The fraction of sp³-hybridized carbons (Fsp3) is 0.375.